The number of nitrogens with one attached hydrogen (secondary N) is 2. The number of amides is 3. The van der Waals surface area contributed by atoms with Crippen LogP contribution in [-0.2, 0) is 24.5 Å². The van der Waals surface area contributed by atoms with E-state index in [2.05, 4.69) is 10.0 Å². The molecule has 3 amide bonds. The summed E-state index contributed by atoms with van der Waals surface area (Å²) in [6, 6.07) is 5.32. The number of rotatable bonds is 9. The molecule has 0 bridgehead atoms. The van der Waals surface area contributed by atoms with Gasteiger partial charge in [0.25, 0.3) is 0 Å². The molecule has 258 valence electrons. The number of benzene rings is 1. The third kappa shape index (κ3) is 7.50. The van der Waals surface area contributed by atoms with Gasteiger partial charge in [-0.2, -0.15) is 12.7 Å². The first-order valence-corrected chi connectivity index (χ1v) is 18.4. The van der Waals surface area contributed by atoms with E-state index >= 15 is 0 Å². The zero-order valence-electron chi connectivity index (χ0n) is 26.7. The van der Waals surface area contributed by atoms with Crippen molar-refractivity contribution in [2.45, 2.75) is 76.3 Å². The van der Waals surface area contributed by atoms with Gasteiger partial charge in [-0.3, -0.25) is 14.4 Å². The minimum Gasteiger partial charge on any atom is -0.451 e. The van der Waals surface area contributed by atoms with Crippen molar-refractivity contribution >= 4 is 44.6 Å². The molecular weight excluding hydrogens is 629 g/mol. The first kappa shape index (κ1) is 33.8. The zero-order valence-corrected chi connectivity index (χ0v) is 27.5. The lowest BCUT2D eigenvalue weighted by molar-refractivity contribution is -0.142. The Morgan fingerprint density at radius 1 is 0.957 bits per heavy atom. The molecule has 1 aromatic heterocycles. The summed E-state index contributed by atoms with van der Waals surface area (Å²) < 4.78 is 52.5. The van der Waals surface area contributed by atoms with Gasteiger partial charge in [-0.05, 0) is 74.1 Å². The van der Waals surface area contributed by atoms with Crippen LogP contribution in [0.4, 0.5) is 10.1 Å². The first-order chi connectivity index (χ1) is 22.6. The third-order valence-corrected chi connectivity index (χ3v) is 12.2. The van der Waals surface area contributed by atoms with Crippen molar-refractivity contribution < 1.29 is 36.3 Å². The van der Waals surface area contributed by atoms with Gasteiger partial charge in [0.05, 0.1) is 13.2 Å². The standard InChI is InChI=1S/C33H46FN5O7S/c34-20-27(35)22-6-8-23(9-7-22)33(42)39-13-12-26(21-4-2-1-3-5-21)30(39)32(41)36-25-10-11-28-24(18-25)19-29(46-28)31(40)37-47(43,44)38-14-16-45-17-15-38/h10-11,18-19,21-23,26-27,30H,1-9,12-17,20,35H2,(H,36,41)(H,37,40)/t22?,23?,26-,27+,30-/m0/s1. The molecule has 4 fully saturated rings. The van der Waals surface area contributed by atoms with E-state index in [9.17, 15) is 27.2 Å². The van der Waals surface area contributed by atoms with Crippen LogP contribution in [0.5, 0.6) is 0 Å². The van der Waals surface area contributed by atoms with Crippen molar-refractivity contribution in [3.8, 4) is 0 Å². The van der Waals surface area contributed by atoms with E-state index in [0.29, 0.717) is 54.8 Å². The van der Waals surface area contributed by atoms with E-state index < -0.39 is 34.9 Å². The number of anilines is 1. The molecule has 0 spiro atoms. The third-order valence-electron chi connectivity index (χ3n) is 10.7. The lowest BCUT2D eigenvalue weighted by Crippen LogP contribution is -2.50. The summed E-state index contributed by atoms with van der Waals surface area (Å²) in [6.45, 7) is 0.771. The van der Waals surface area contributed by atoms with Crippen LogP contribution in [-0.4, -0.2) is 87.0 Å². The van der Waals surface area contributed by atoms with Crippen LogP contribution < -0.4 is 15.8 Å². The van der Waals surface area contributed by atoms with Crippen molar-refractivity contribution in [2.24, 2.45) is 29.4 Å². The average molecular weight is 676 g/mol. The van der Waals surface area contributed by atoms with E-state index in [1.54, 1.807) is 23.1 Å². The number of furan rings is 1. The highest BCUT2D eigenvalue weighted by atomic mass is 32.2. The van der Waals surface area contributed by atoms with Gasteiger partial charge >= 0.3 is 16.1 Å². The monoisotopic (exact) mass is 675 g/mol. The van der Waals surface area contributed by atoms with E-state index in [1.807, 2.05) is 0 Å². The number of alkyl halides is 1. The Balaban J connectivity index is 1.16. The molecule has 0 radical (unpaired) electrons. The summed E-state index contributed by atoms with van der Waals surface area (Å²) in [6.07, 6.45) is 9.05. The Morgan fingerprint density at radius 2 is 1.68 bits per heavy atom. The Bertz CT molecular complexity index is 1550. The molecule has 12 nitrogen and oxygen atoms in total. The van der Waals surface area contributed by atoms with Gasteiger partial charge in [-0.1, -0.05) is 32.1 Å². The second-order valence-electron chi connectivity index (χ2n) is 13.6. The van der Waals surface area contributed by atoms with E-state index in [-0.39, 0.29) is 61.6 Å². The number of hydrogen-bond donors (Lipinski definition) is 3. The van der Waals surface area contributed by atoms with E-state index in [1.165, 1.54) is 12.5 Å². The molecule has 1 aromatic carbocycles. The fourth-order valence-corrected chi connectivity index (χ4v) is 9.17. The normalized spacial score (nSPS) is 27.1. The first-order valence-electron chi connectivity index (χ1n) is 17.0. The SMILES string of the molecule is N[C@H](CF)C1CCC(C(=O)N2CC[C@@H](C3CCCCC3)[C@H]2C(=O)Nc2ccc3oc(C(=O)NS(=O)(=O)N4CCOCC4)cc3c2)CC1. The maximum absolute atomic E-state index is 14.1. The fourth-order valence-electron chi connectivity index (χ4n) is 8.08. The van der Waals surface area contributed by atoms with Crippen molar-refractivity contribution in [1.29, 1.82) is 0 Å². The van der Waals surface area contributed by atoms with Crippen molar-refractivity contribution in [3.05, 3.63) is 30.0 Å². The van der Waals surface area contributed by atoms with Gasteiger partial charge in [0, 0.05) is 42.7 Å². The number of likely N-dealkylation sites (tertiary alicyclic amines) is 1. The predicted molar refractivity (Wildman–Crippen MR) is 173 cm³/mol. The summed E-state index contributed by atoms with van der Waals surface area (Å²) in [5.41, 5.74) is 6.80. The number of halogens is 1. The zero-order chi connectivity index (χ0) is 33.1. The molecule has 3 atom stereocenters. The second-order valence-corrected chi connectivity index (χ2v) is 15.2. The van der Waals surface area contributed by atoms with Crippen LogP contribution in [0.25, 0.3) is 11.0 Å². The molecule has 0 unspecified atom stereocenters. The average Bonchev–Trinajstić information content (AvgIpc) is 3.73. The van der Waals surface area contributed by atoms with Crippen molar-refractivity contribution in [2.75, 3.05) is 44.8 Å². The van der Waals surface area contributed by atoms with Crippen LogP contribution in [0.1, 0.15) is 74.8 Å². The summed E-state index contributed by atoms with van der Waals surface area (Å²) >= 11 is 0. The highest BCUT2D eigenvalue weighted by Crippen LogP contribution is 2.41. The number of hydrogen-bond acceptors (Lipinski definition) is 8. The number of nitrogens with two attached hydrogens (primary N) is 1. The maximum atomic E-state index is 14.1. The fraction of sp³-hybridized carbons (Fsp3) is 0.667. The van der Waals surface area contributed by atoms with Crippen molar-refractivity contribution in [1.82, 2.24) is 13.9 Å². The highest BCUT2D eigenvalue weighted by Gasteiger charge is 2.47. The molecule has 2 saturated heterocycles. The Kier molecular flexibility index (Phi) is 10.5. The maximum Gasteiger partial charge on any atom is 0.304 e. The molecule has 6 rings (SSSR count). The lowest BCUT2D eigenvalue weighted by atomic mass is 9.76. The lowest BCUT2D eigenvalue weighted by Gasteiger charge is -2.36. The van der Waals surface area contributed by atoms with Crippen LogP contribution in [0, 0.1) is 23.7 Å². The smallest absolute Gasteiger partial charge is 0.304 e. The number of nitrogens with zero attached hydrogens (tertiary/aromatic N) is 2. The largest absolute Gasteiger partial charge is 0.451 e. The molecule has 3 heterocycles. The van der Waals surface area contributed by atoms with Crippen molar-refractivity contribution in [3.63, 3.8) is 0 Å². The molecule has 2 aliphatic carbocycles. The molecule has 47 heavy (non-hydrogen) atoms. The molecule has 14 heteroatoms. The van der Waals surface area contributed by atoms with Gasteiger partial charge in [-0.25, -0.2) is 9.11 Å². The van der Waals surface area contributed by atoms with Crippen LogP contribution >= 0.6 is 0 Å². The number of fused-ring (bicyclic) bond motifs is 1. The predicted octanol–water partition coefficient (Wildman–Crippen LogP) is 3.58. The molecule has 4 N–H and O–H groups in total. The minimum absolute atomic E-state index is 0.00343. The summed E-state index contributed by atoms with van der Waals surface area (Å²) in [5.74, 6) is -0.978. The summed E-state index contributed by atoms with van der Waals surface area (Å²) in [5, 5.41) is 3.55. The number of carbonyl (C=O) groups excluding carboxylic acids is 3. The van der Waals surface area contributed by atoms with Gasteiger partial charge < -0.3 is 25.1 Å². The Labute approximate surface area is 275 Å². The van der Waals surface area contributed by atoms with Crippen LogP contribution in [0.15, 0.2) is 28.7 Å². The molecule has 4 aliphatic rings. The van der Waals surface area contributed by atoms with Crippen LogP contribution in [0.3, 0.4) is 0 Å². The molecule has 2 aromatic rings. The molecule has 2 saturated carbocycles. The second kappa shape index (κ2) is 14.6. The van der Waals surface area contributed by atoms with E-state index in [4.69, 9.17) is 14.9 Å². The number of ether oxygens (including phenoxy) is 1. The van der Waals surface area contributed by atoms with E-state index in [0.717, 1.165) is 36.4 Å². The van der Waals surface area contributed by atoms with Gasteiger partial charge in [0.2, 0.25) is 11.8 Å². The highest BCUT2D eigenvalue weighted by molar-refractivity contribution is 7.87. The molecular formula is C33H46FN5O7S. The topological polar surface area (TPSA) is 164 Å². The number of carbonyl (C=O) groups is 3. The minimum atomic E-state index is -4.06. The number of morpholine rings is 1. The Hall–Kier alpha value is -3.07. The van der Waals surface area contributed by atoms with Gasteiger partial charge in [0.1, 0.15) is 18.3 Å². The molecule has 2 aliphatic heterocycles. The van der Waals surface area contributed by atoms with Gasteiger partial charge in [-0.15, -0.1) is 0 Å². The van der Waals surface area contributed by atoms with Crippen LogP contribution in [0.2, 0.25) is 0 Å². The quantitative estimate of drug-likeness (QED) is 0.363. The summed E-state index contributed by atoms with van der Waals surface area (Å²) in [7, 11) is -4.06. The Morgan fingerprint density at radius 3 is 2.38 bits per heavy atom. The summed E-state index contributed by atoms with van der Waals surface area (Å²) in [4.78, 5) is 42.6. The van der Waals surface area contributed by atoms with Gasteiger partial charge in [0.15, 0.2) is 5.76 Å².